The molecule has 0 unspecified atom stereocenters. The van der Waals surface area contributed by atoms with Gasteiger partial charge in [0.1, 0.15) is 5.82 Å². The third-order valence-corrected chi connectivity index (χ3v) is 2.88. The fourth-order valence-corrected chi connectivity index (χ4v) is 1.96. The van der Waals surface area contributed by atoms with E-state index >= 15 is 0 Å². The molecular weight excluding hydrogens is 295 g/mol. The molecule has 1 aliphatic carbocycles. The molecule has 0 aromatic heterocycles. The number of carbonyl (C=O) groups is 1. The van der Waals surface area contributed by atoms with E-state index in [4.69, 9.17) is 9.90 Å². The predicted molar refractivity (Wildman–Crippen MR) is 91.0 cm³/mol. The van der Waals surface area contributed by atoms with Crippen LogP contribution >= 0.6 is 0 Å². The van der Waals surface area contributed by atoms with Crippen LogP contribution in [-0.2, 0) is 11.3 Å². The average Bonchev–Trinajstić information content (AvgIpc) is 2.47. The Kier molecular flexibility index (Phi) is 7.19. The Hall–Kier alpha value is -2.43. The highest BCUT2D eigenvalue weighted by molar-refractivity contribution is 5.97. The highest BCUT2D eigenvalue weighted by atomic mass is 19.1. The Morgan fingerprint density at radius 3 is 2.35 bits per heavy atom. The molecule has 23 heavy (non-hydrogen) atoms. The van der Waals surface area contributed by atoms with Crippen molar-refractivity contribution in [2.45, 2.75) is 39.3 Å². The minimum atomic E-state index is -0.250. The SMILES string of the molecule is CC(C)(C)NC1=CCC(=NCc2ccc(F)cc2)C=C1.O=CO. The van der Waals surface area contributed by atoms with Crippen molar-refractivity contribution in [3.63, 3.8) is 0 Å². The van der Waals surface area contributed by atoms with Crippen LogP contribution in [0.15, 0.2) is 53.2 Å². The number of halogens is 1. The molecule has 1 aromatic carbocycles. The van der Waals surface area contributed by atoms with Gasteiger partial charge in [-0.3, -0.25) is 9.79 Å². The molecular formula is C18H23FN2O2. The first kappa shape index (κ1) is 18.6. The van der Waals surface area contributed by atoms with Crippen molar-refractivity contribution in [3.05, 3.63) is 59.6 Å². The smallest absolute Gasteiger partial charge is 0.290 e. The average molecular weight is 318 g/mol. The number of benzene rings is 1. The summed E-state index contributed by atoms with van der Waals surface area (Å²) < 4.78 is 12.8. The summed E-state index contributed by atoms with van der Waals surface area (Å²) in [4.78, 5) is 12.9. The van der Waals surface area contributed by atoms with E-state index in [-0.39, 0.29) is 17.8 Å². The molecule has 0 amide bonds. The van der Waals surface area contributed by atoms with Crippen molar-refractivity contribution in [1.29, 1.82) is 0 Å². The van der Waals surface area contributed by atoms with Crippen molar-refractivity contribution in [3.8, 4) is 0 Å². The zero-order valence-corrected chi connectivity index (χ0v) is 13.7. The molecule has 0 aliphatic heterocycles. The lowest BCUT2D eigenvalue weighted by Crippen LogP contribution is -2.35. The van der Waals surface area contributed by atoms with E-state index in [9.17, 15) is 4.39 Å². The summed E-state index contributed by atoms with van der Waals surface area (Å²) >= 11 is 0. The van der Waals surface area contributed by atoms with Crippen molar-refractivity contribution in [2.24, 2.45) is 4.99 Å². The van der Waals surface area contributed by atoms with E-state index in [1.54, 1.807) is 12.1 Å². The van der Waals surface area contributed by atoms with Gasteiger partial charge in [-0.25, -0.2) is 4.39 Å². The Morgan fingerprint density at radius 1 is 1.26 bits per heavy atom. The molecule has 0 saturated heterocycles. The molecule has 124 valence electrons. The van der Waals surface area contributed by atoms with Gasteiger partial charge >= 0.3 is 0 Å². The molecule has 0 bridgehead atoms. The monoisotopic (exact) mass is 318 g/mol. The van der Waals surface area contributed by atoms with Gasteiger partial charge in [0.05, 0.1) is 6.54 Å². The van der Waals surface area contributed by atoms with Gasteiger partial charge in [-0.15, -0.1) is 0 Å². The van der Waals surface area contributed by atoms with Crippen LogP contribution in [0.3, 0.4) is 0 Å². The molecule has 1 aliphatic rings. The molecule has 2 N–H and O–H groups in total. The molecule has 0 atom stereocenters. The number of nitrogens with one attached hydrogen (secondary N) is 1. The maximum atomic E-state index is 12.8. The van der Waals surface area contributed by atoms with E-state index in [0.29, 0.717) is 6.54 Å². The summed E-state index contributed by atoms with van der Waals surface area (Å²) in [6.45, 7) is 6.76. The summed E-state index contributed by atoms with van der Waals surface area (Å²) in [6, 6.07) is 6.48. The number of hydrogen-bond donors (Lipinski definition) is 2. The van der Waals surface area contributed by atoms with Crippen LogP contribution in [0.2, 0.25) is 0 Å². The van der Waals surface area contributed by atoms with E-state index in [2.05, 4.69) is 43.2 Å². The Bertz CT molecular complexity index is 596. The molecule has 4 nitrogen and oxygen atoms in total. The predicted octanol–water partition coefficient (Wildman–Crippen LogP) is 3.70. The van der Waals surface area contributed by atoms with E-state index in [1.807, 2.05) is 6.08 Å². The minimum absolute atomic E-state index is 0.0684. The van der Waals surface area contributed by atoms with Gasteiger partial charge in [0.15, 0.2) is 0 Å². The number of rotatable bonds is 3. The molecule has 0 radical (unpaired) electrons. The van der Waals surface area contributed by atoms with Crippen LogP contribution in [0, 0.1) is 5.82 Å². The second-order valence-electron chi connectivity index (χ2n) is 6.11. The second kappa shape index (κ2) is 8.88. The maximum absolute atomic E-state index is 12.8. The van der Waals surface area contributed by atoms with Gasteiger partial charge < -0.3 is 10.4 Å². The van der Waals surface area contributed by atoms with Crippen LogP contribution in [0.5, 0.6) is 0 Å². The first-order valence-corrected chi connectivity index (χ1v) is 7.36. The van der Waals surface area contributed by atoms with E-state index < -0.39 is 0 Å². The number of nitrogens with zero attached hydrogens (tertiary/aromatic N) is 1. The molecule has 0 saturated carbocycles. The van der Waals surface area contributed by atoms with Crippen LogP contribution in [-0.4, -0.2) is 22.8 Å². The van der Waals surface area contributed by atoms with Crippen molar-refractivity contribution in [2.75, 3.05) is 0 Å². The van der Waals surface area contributed by atoms with Gasteiger partial charge in [-0.05, 0) is 50.6 Å². The highest BCUT2D eigenvalue weighted by Crippen LogP contribution is 2.12. The van der Waals surface area contributed by atoms with Crippen LogP contribution < -0.4 is 5.32 Å². The summed E-state index contributed by atoms with van der Waals surface area (Å²) in [5.41, 5.74) is 3.28. The van der Waals surface area contributed by atoms with E-state index in [0.717, 1.165) is 23.4 Å². The summed E-state index contributed by atoms with van der Waals surface area (Å²) in [5.74, 6) is -0.209. The quantitative estimate of drug-likeness (QED) is 0.835. The Labute approximate surface area is 136 Å². The third kappa shape index (κ3) is 7.95. The number of aliphatic imine (C=N–C) groups is 1. The van der Waals surface area contributed by atoms with E-state index in [1.165, 1.54) is 12.1 Å². The fourth-order valence-electron chi connectivity index (χ4n) is 1.96. The summed E-state index contributed by atoms with van der Waals surface area (Å²) in [7, 11) is 0. The van der Waals surface area contributed by atoms with Crippen molar-refractivity contribution in [1.82, 2.24) is 5.32 Å². The second-order valence-corrected chi connectivity index (χ2v) is 6.11. The summed E-state index contributed by atoms with van der Waals surface area (Å²) in [6.07, 6.45) is 7.07. The van der Waals surface area contributed by atoms with Crippen LogP contribution in [0.1, 0.15) is 32.8 Å². The fraction of sp³-hybridized carbons (Fsp3) is 0.333. The standard InChI is InChI=1S/C17H21FN2.CH2O2/c1-17(2,3)20-16-10-8-15(9-11-16)19-12-13-4-6-14(18)7-5-13;2-1-3/h4-8,10-11,20H,9,12H2,1-3H3;1H,(H,2,3). The summed E-state index contributed by atoms with van der Waals surface area (Å²) in [5, 5.41) is 10.3. The van der Waals surface area contributed by atoms with Gasteiger partial charge in [0.2, 0.25) is 0 Å². The molecule has 2 rings (SSSR count). The molecule has 0 spiro atoms. The normalized spacial score (nSPS) is 15.5. The van der Waals surface area contributed by atoms with Crippen LogP contribution in [0.25, 0.3) is 0 Å². The Balaban J connectivity index is 0.000000816. The van der Waals surface area contributed by atoms with Gasteiger partial charge in [0.25, 0.3) is 6.47 Å². The lowest BCUT2D eigenvalue weighted by Gasteiger charge is -2.24. The number of hydrogen-bond acceptors (Lipinski definition) is 3. The van der Waals surface area contributed by atoms with Crippen molar-refractivity contribution < 1.29 is 14.3 Å². The largest absolute Gasteiger partial charge is 0.483 e. The Morgan fingerprint density at radius 2 is 1.87 bits per heavy atom. The molecule has 0 fully saturated rings. The highest BCUT2D eigenvalue weighted by Gasteiger charge is 2.11. The zero-order chi connectivity index (χ0) is 17.3. The third-order valence-electron chi connectivity index (χ3n) is 2.88. The lowest BCUT2D eigenvalue weighted by molar-refractivity contribution is -0.122. The topological polar surface area (TPSA) is 61.7 Å². The molecule has 5 heteroatoms. The zero-order valence-electron chi connectivity index (χ0n) is 13.7. The minimum Gasteiger partial charge on any atom is -0.483 e. The molecule has 0 heterocycles. The molecule has 1 aromatic rings. The maximum Gasteiger partial charge on any atom is 0.290 e. The lowest BCUT2D eigenvalue weighted by atomic mass is 10.1. The first-order chi connectivity index (χ1) is 10.8. The van der Waals surface area contributed by atoms with Gasteiger partial charge in [-0.2, -0.15) is 0 Å². The number of carboxylic acid groups (broad SMARTS) is 1. The van der Waals surface area contributed by atoms with Crippen molar-refractivity contribution >= 4 is 12.2 Å². The first-order valence-electron chi connectivity index (χ1n) is 7.36. The van der Waals surface area contributed by atoms with Gasteiger partial charge in [0, 0.05) is 23.4 Å². The van der Waals surface area contributed by atoms with Crippen LogP contribution in [0.4, 0.5) is 4.39 Å². The van der Waals surface area contributed by atoms with Gasteiger partial charge in [-0.1, -0.05) is 18.2 Å². The number of allylic oxidation sites excluding steroid dienone is 3.